The summed E-state index contributed by atoms with van der Waals surface area (Å²) in [5.74, 6) is 2.13. The average Bonchev–Trinajstić information content (AvgIpc) is 2.90. The van der Waals surface area contributed by atoms with Gasteiger partial charge in [-0.1, -0.05) is 18.2 Å². The first-order valence-corrected chi connectivity index (χ1v) is 11.4. The Morgan fingerprint density at radius 2 is 1.79 bits per heavy atom. The first kappa shape index (κ1) is 21.3. The highest BCUT2D eigenvalue weighted by atomic mass is 16.5. The van der Waals surface area contributed by atoms with Gasteiger partial charge < -0.3 is 19.3 Å². The molecule has 0 spiro atoms. The van der Waals surface area contributed by atoms with E-state index in [-0.39, 0.29) is 11.8 Å². The number of hydrogen-bond donors (Lipinski definition) is 0. The Bertz CT molecular complexity index is 1090. The number of para-hydroxylation sites is 1. The van der Waals surface area contributed by atoms with Gasteiger partial charge in [0, 0.05) is 56.3 Å². The topological polar surface area (TPSA) is 80.7 Å². The lowest BCUT2D eigenvalue weighted by atomic mass is 9.94. The normalized spacial score (nSPS) is 18.7. The van der Waals surface area contributed by atoms with Crippen LogP contribution in [0.3, 0.4) is 0 Å². The maximum absolute atomic E-state index is 13.4. The number of aromatic nitrogens is 3. The molecule has 0 N–H and O–H groups in total. The third-order valence-corrected chi connectivity index (χ3v) is 6.07. The summed E-state index contributed by atoms with van der Waals surface area (Å²) in [7, 11) is 0. The average molecular weight is 446 g/mol. The van der Waals surface area contributed by atoms with Crippen molar-refractivity contribution in [1.82, 2.24) is 19.9 Å². The highest BCUT2D eigenvalue weighted by Gasteiger charge is 2.29. The van der Waals surface area contributed by atoms with Gasteiger partial charge >= 0.3 is 0 Å². The Balaban J connectivity index is 1.32. The quantitative estimate of drug-likeness (QED) is 0.594. The minimum atomic E-state index is 0.0195. The number of ether oxygens (including phenoxy) is 2. The predicted molar refractivity (Wildman–Crippen MR) is 124 cm³/mol. The number of anilines is 1. The third-order valence-electron chi connectivity index (χ3n) is 6.07. The van der Waals surface area contributed by atoms with Crippen LogP contribution < -0.4 is 9.64 Å². The number of morpholine rings is 1. The number of nitrogens with zero attached hydrogens (tertiary/aromatic N) is 5. The molecule has 1 aromatic carbocycles. The molecule has 2 aliphatic heterocycles. The Morgan fingerprint density at radius 1 is 0.970 bits per heavy atom. The number of carbonyl (C=O) groups is 1. The number of piperidine rings is 1. The fraction of sp³-hybridized carbons (Fsp3) is 0.360. The van der Waals surface area contributed by atoms with Crippen LogP contribution >= 0.6 is 0 Å². The van der Waals surface area contributed by atoms with Crippen LogP contribution in [0.25, 0.3) is 0 Å². The number of amides is 1. The Morgan fingerprint density at radius 3 is 2.64 bits per heavy atom. The summed E-state index contributed by atoms with van der Waals surface area (Å²) in [6.07, 6.45) is 6.87. The highest BCUT2D eigenvalue weighted by Crippen LogP contribution is 2.33. The zero-order valence-electron chi connectivity index (χ0n) is 18.5. The lowest BCUT2D eigenvalue weighted by Gasteiger charge is -2.33. The van der Waals surface area contributed by atoms with Gasteiger partial charge in [0.2, 0.25) is 5.88 Å². The molecule has 1 atom stereocenters. The van der Waals surface area contributed by atoms with Crippen LogP contribution in [0.5, 0.6) is 11.6 Å². The molecule has 1 amide bonds. The van der Waals surface area contributed by atoms with Gasteiger partial charge in [-0.25, -0.2) is 9.97 Å². The fourth-order valence-corrected chi connectivity index (χ4v) is 4.38. The zero-order chi connectivity index (χ0) is 22.5. The molecule has 2 aliphatic rings. The molecule has 0 bridgehead atoms. The predicted octanol–water partition coefficient (Wildman–Crippen LogP) is 3.52. The van der Waals surface area contributed by atoms with Crippen LogP contribution in [-0.2, 0) is 4.74 Å². The van der Waals surface area contributed by atoms with Crippen LogP contribution in [-0.4, -0.2) is 65.2 Å². The van der Waals surface area contributed by atoms with E-state index in [9.17, 15) is 4.79 Å². The Labute approximate surface area is 193 Å². The van der Waals surface area contributed by atoms with E-state index in [2.05, 4.69) is 19.9 Å². The molecular formula is C25H27N5O3. The van der Waals surface area contributed by atoms with E-state index in [1.807, 2.05) is 41.3 Å². The van der Waals surface area contributed by atoms with Crippen LogP contribution in [0.15, 0.2) is 61.1 Å². The first-order valence-electron chi connectivity index (χ1n) is 11.4. The Kier molecular flexibility index (Phi) is 6.44. The molecule has 2 fully saturated rings. The maximum Gasteiger partial charge on any atom is 0.254 e. The molecule has 2 aromatic heterocycles. The largest absolute Gasteiger partial charge is 0.437 e. The summed E-state index contributed by atoms with van der Waals surface area (Å²) < 4.78 is 11.5. The fourth-order valence-electron chi connectivity index (χ4n) is 4.38. The number of benzene rings is 1. The smallest absolute Gasteiger partial charge is 0.254 e. The molecule has 8 nitrogen and oxygen atoms in total. The number of pyridine rings is 1. The van der Waals surface area contributed by atoms with Gasteiger partial charge in [0.05, 0.1) is 13.2 Å². The van der Waals surface area contributed by atoms with Gasteiger partial charge in [0.25, 0.3) is 5.91 Å². The lowest BCUT2D eigenvalue weighted by Crippen LogP contribution is -2.40. The van der Waals surface area contributed by atoms with E-state index in [0.717, 1.165) is 49.7 Å². The van der Waals surface area contributed by atoms with Crippen LogP contribution in [0.1, 0.15) is 34.8 Å². The molecule has 5 rings (SSSR count). The van der Waals surface area contributed by atoms with Gasteiger partial charge in [-0.2, -0.15) is 0 Å². The number of rotatable bonds is 5. The van der Waals surface area contributed by atoms with Crippen LogP contribution in [0.4, 0.5) is 5.82 Å². The molecule has 0 aliphatic carbocycles. The van der Waals surface area contributed by atoms with E-state index in [1.54, 1.807) is 24.7 Å². The van der Waals surface area contributed by atoms with E-state index in [1.165, 1.54) is 0 Å². The van der Waals surface area contributed by atoms with Crippen LogP contribution in [0, 0.1) is 0 Å². The van der Waals surface area contributed by atoms with Crippen molar-refractivity contribution in [3.63, 3.8) is 0 Å². The number of hydrogen-bond acceptors (Lipinski definition) is 7. The van der Waals surface area contributed by atoms with Crippen molar-refractivity contribution in [2.45, 2.75) is 18.8 Å². The zero-order valence-corrected chi connectivity index (χ0v) is 18.5. The second kappa shape index (κ2) is 9.95. The van der Waals surface area contributed by atoms with Crippen molar-refractivity contribution < 1.29 is 14.3 Å². The van der Waals surface area contributed by atoms with Gasteiger partial charge in [-0.15, -0.1) is 0 Å². The second-order valence-corrected chi connectivity index (χ2v) is 8.25. The van der Waals surface area contributed by atoms with Gasteiger partial charge in [0.1, 0.15) is 17.3 Å². The lowest BCUT2D eigenvalue weighted by molar-refractivity contribution is 0.0704. The molecule has 4 heterocycles. The van der Waals surface area contributed by atoms with E-state index in [0.29, 0.717) is 31.2 Å². The molecule has 1 unspecified atom stereocenters. The van der Waals surface area contributed by atoms with Crippen LogP contribution in [0.2, 0.25) is 0 Å². The standard InChI is InChI=1S/C25H27N5O3/c31-25(19-8-9-26-22(17-19)29-13-15-32-16-14-29)30-12-4-5-20(18-30)23-24(28-11-10-27-23)33-21-6-2-1-3-7-21/h1-3,6-11,17,20H,4-5,12-16,18H2. The summed E-state index contributed by atoms with van der Waals surface area (Å²) in [5, 5.41) is 0. The maximum atomic E-state index is 13.4. The van der Waals surface area contributed by atoms with Crippen molar-refractivity contribution in [3.8, 4) is 11.6 Å². The number of carbonyl (C=O) groups excluding carboxylic acids is 1. The molecule has 0 saturated carbocycles. The van der Waals surface area contributed by atoms with E-state index < -0.39 is 0 Å². The molecular weight excluding hydrogens is 418 g/mol. The van der Waals surface area contributed by atoms with Gasteiger partial charge in [0.15, 0.2) is 0 Å². The van der Waals surface area contributed by atoms with Crippen molar-refractivity contribution in [2.24, 2.45) is 0 Å². The van der Waals surface area contributed by atoms with Crippen molar-refractivity contribution in [2.75, 3.05) is 44.3 Å². The third kappa shape index (κ3) is 4.96. The van der Waals surface area contributed by atoms with Crippen molar-refractivity contribution in [1.29, 1.82) is 0 Å². The minimum absolute atomic E-state index is 0.0195. The van der Waals surface area contributed by atoms with E-state index in [4.69, 9.17) is 9.47 Å². The summed E-state index contributed by atoms with van der Waals surface area (Å²) >= 11 is 0. The highest BCUT2D eigenvalue weighted by molar-refractivity contribution is 5.95. The van der Waals surface area contributed by atoms with Crippen molar-refractivity contribution in [3.05, 3.63) is 72.3 Å². The van der Waals surface area contributed by atoms with Gasteiger partial charge in [-0.3, -0.25) is 9.78 Å². The van der Waals surface area contributed by atoms with Gasteiger partial charge in [-0.05, 0) is 37.1 Å². The molecule has 170 valence electrons. The summed E-state index contributed by atoms with van der Waals surface area (Å²) in [6, 6.07) is 13.3. The van der Waals surface area contributed by atoms with Crippen molar-refractivity contribution >= 4 is 11.7 Å². The molecule has 8 heteroatoms. The summed E-state index contributed by atoms with van der Waals surface area (Å²) in [6.45, 7) is 4.23. The summed E-state index contributed by atoms with van der Waals surface area (Å²) in [5.41, 5.74) is 1.45. The second-order valence-electron chi connectivity index (χ2n) is 8.25. The van der Waals surface area contributed by atoms with E-state index >= 15 is 0 Å². The molecule has 33 heavy (non-hydrogen) atoms. The summed E-state index contributed by atoms with van der Waals surface area (Å²) in [4.78, 5) is 30.9. The monoisotopic (exact) mass is 445 g/mol. The molecule has 2 saturated heterocycles. The minimum Gasteiger partial charge on any atom is -0.437 e. The molecule has 3 aromatic rings. The SMILES string of the molecule is O=C(c1ccnc(N2CCOCC2)c1)N1CCCC(c2nccnc2Oc2ccccc2)C1. The molecule has 0 radical (unpaired) electrons. The first-order chi connectivity index (χ1) is 16.3. The Hall–Kier alpha value is -3.52. The number of likely N-dealkylation sites (tertiary alicyclic amines) is 1.